The summed E-state index contributed by atoms with van der Waals surface area (Å²) < 4.78 is 14.4. The second-order valence-electron chi connectivity index (χ2n) is 5.37. The minimum absolute atomic E-state index is 0.198. The molecular weight excluding hydrogens is 325 g/mol. The van der Waals surface area contributed by atoms with Crippen LogP contribution >= 0.6 is 15.9 Å². The van der Waals surface area contributed by atoms with E-state index in [1.54, 1.807) is 12.1 Å². The number of nitrogens with one attached hydrogen (secondary N) is 2. The van der Waals surface area contributed by atoms with Crippen LogP contribution in [0.25, 0.3) is 0 Å². The van der Waals surface area contributed by atoms with Crippen LogP contribution < -0.4 is 10.6 Å². The highest BCUT2D eigenvalue weighted by Gasteiger charge is 2.35. The maximum atomic E-state index is 13.7. The largest absolute Gasteiger partial charge is 0.322 e. The number of anilines is 1. The standard InChI is InChI=1S/C14H19BrFN3O/c1-14(2,19-7-5-17-6-8-19)13(20)18-12-9-10(15)3-4-11(12)16/h3-4,9,17H,5-8H2,1-2H3,(H,18,20). The van der Waals surface area contributed by atoms with Crippen LogP contribution in [0.15, 0.2) is 22.7 Å². The highest BCUT2D eigenvalue weighted by molar-refractivity contribution is 9.10. The molecule has 0 aliphatic carbocycles. The fourth-order valence-corrected chi connectivity index (χ4v) is 2.60. The molecule has 1 aromatic carbocycles. The Hall–Kier alpha value is -0.980. The van der Waals surface area contributed by atoms with Gasteiger partial charge in [0, 0.05) is 30.7 Å². The SMILES string of the molecule is CC(C)(C(=O)Nc1cc(Br)ccc1F)N1CCNCC1. The minimum atomic E-state index is -0.670. The van der Waals surface area contributed by atoms with E-state index in [2.05, 4.69) is 31.5 Å². The highest BCUT2D eigenvalue weighted by atomic mass is 79.9. The number of nitrogens with zero attached hydrogens (tertiary/aromatic N) is 1. The Labute approximate surface area is 126 Å². The normalized spacial score (nSPS) is 17.0. The van der Waals surface area contributed by atoms with Gasteiger partial charge in [0.2, 0.25) is 5.91 Å². The molecule has 1 aliphatic heterocycles. The van der Waals surface area contributed by atoms with Gasteiger partial charge in [0.15, 0.2) is 0 Å². The van der Waals surface area contributed by atoms with Gasteiger partial charge in [-0.2, -0.15) is 0 Å². The number of hydrogen-bond acceptors (Lipinski definition) is 3. The summed E-state index contributed by atoms with van der Waals surface area (Å²) in [6, 6.07) is 4.50. The van der Waals surface area contributed by atoms with Crippen LogP contribution in [0.3, 0.4) is 0 Å². The molecule has 1 fully saturated rings. The smallest absolute Gasteiger partial charge is 0.244 e. The number of amides is 1. The molecule has 2 N–H and O–H groups in total. The van der Waals surface area contributed by atoms with Gasteiger partial charge < -0.3 is 10.6 Å². The first-order chi connectivity index (χ1) is 9.41. The minimum Gasteiger partial charge on any atom is -0.322 e. The van der Waals surface area contributed by atoms with E-state index < -0.39 is 11.4 Å². The number of hydrogen-bond donors (Lipinski definition) is 2. The Morgan fingerprint density at radius 3 is 2.70 bits per heavy atom. The number of piperazine rings is 1. The first-order valence-corrected chi connectivity index (χ1v) is 7.43. The second kappa shape index (κ2) is 6.20. The number of benzene rings is 1. The van der Waals surface area contributed by atoms with Gasteiger partial charge in [-0.3, -0.25) is 9.69 Å². The van der Waals surface area contributed by atoms with Crippen molar-refractivity contribution >= 4 is 27.5 Å². The first kappa shape index (κ1) is 15.4. The molecule has 0 unspecified atom stereocenters. The third kappa shape index (κ3) is 3.37. The zero-order valence-electron chi connectivity index (χ0n) is 11.7. The number of rotatable bonds is 3. The summed E-state index contributed by atoms with van der Waals surface area (Å²) >= 11 is 3.28. The fraction of sp³-hybridized carbons (Fsp3) is 0.500. The van der Waals surface area contributed by atoms with Crippen molar-refractivity contribution in [3.63, 3.8) is 0 Å². The summed E-state index contributed by atoms with van der Waals surface area (Å²) in [6.45, 7) is 7.07. The molecule has 1 aromatic rings. The van der Waals surface area contributed by atoms with Crippen molar-refractivity contribution in [3.8, 4) is 0 Å². The Morgan fingerprint density at radius 2 is 2.05 bits per heavy atom. The Bertz CT molecular complexity index is 501. The van der Waals surface area contributed by atoms with Crippen molar-refractivity contribution in [2.24, 2.45) is 0 Å². The zero-order chi connectivity index (χ0) is 14.8. The van der Waals surface area contributed by atoms with Crippen LogP contribution in [-0.4, -0.2) is 42.5 Å². The third-order valence-electron chi connectivity index (χ3n) is 3.64. The monoisotopic (exact) mass is 343 g/mol. The zero-order valence-corrected chi connectivity index (χ0v) is 13.3. The Balaban J connectivity index is 2.11. The van der Waals surface area contributed by atoms with Crippen molar-refractivity contribution in [2.45, 2.75) is 19.4 Å². The molecule has 1 amide bonds. The van der Waals surface area contributed by atoms with Crippen molar-refractivity contribution in [1.82, 2.24) is 10.2 Å². The first-order valence-electron chi connectivity index (χ1n) is 6.63. The van der Waals surface area contributed by atoms with Gasteiger partial charge in [-0.15, -0.1) is 0 Å². The van der Waals surface area contributed by atoms with Gasteiger partial charge in [-0.05, 0) is 32.0 Å². The van der Waals surface area contributed by atoms with Crippen molar-refractivity contribution in [3.05, 3.63) is 28.5 Å². The lowest BCUT2D eigenvalue weighted by molar-refractivity contribution is -0.126. The Morgan fingerprint density at radius 1 is 1.40 bits per heavy atom. The molecule has 1 aliphatic rings. The quantitative estimate of drug-likeness (QED) is 0.884. The lowest BCUT2D eigenvalue weighted by Crippen LogP contribution is -2.58. The lowest BCUT2D eigenvalue weighted by Gasteiger charge is -2.39. The molecule has 4 nitrogen and oxygen atoms in total. The molecule has 1 saturated heterocycles. The molecule has 20 heavy (non-hydrogen) atoms. The molecule has 110 valence electrons. The van der Waals surface area contributed by atoms with Crippen LogP contribution in [0, 0.1) is 5.82 Å². The summed E-state index contributed by atoms with van der Waals surface area (Å²) in [5.74, 6) is -0.630. The van der Waals surface area contributed by atoms with E-state index in [1.165, 1.54) is 6.07 Å². The van der Waals surface area contributed by atoms with Gasteiger partial charge in [0.1, 0.15) is 5.82 Å². The summed E-state index contributed by atoms with van der Waals surface area (Å²) in [5, 5.41) is 5.94. The molecular formula is C14H19BrFN3O. The molecule has 0 spiro atoms. The van der Waals surface area contributed by atoms with E-state index in [0.717, 1.165) is 30.7 Å². The molecule has 0 atom stereocenters. The molecule has 6 heteroatoms. The topological polar surface area (TPSA) is 44.4 Å². The van der Waals surface area contributed by atoms with Gasteiger partial charge in [-0.25, -0.2) is 4.39 Å². The molecule has 0 aromatic heterocycles. The third-order valence-corrected chi connectivity index (χ3v) is 4.13. The lowest BCUT2D eigenvalue weighted by atomic mass is 10.0. The predicted molar refractivity (Wildman–Crippen MR) is 81.3 cm³/mol. The number of carbonyl (C=O) groups is 1. The van der Waals surface area contributed by atoms with E-state index in [9.17, 15) is 9.18 Å². The summed E-state index contributed by atoms with van der Waals surface area (Å²) in [7, 11) is 0. The van der Waals surface area contributed by atoms with E-state index >= 15 is 0 Å². The summed E-state index contributed by atoms with van der Waals surface area (Å²) in [6.07, 6.45) is 0. The fourth-order valence-electron chi connectivity index (χ4n) is 2.24. The maximum Gasteiger partial charge on any atom is 0.244 e. The van der Waals surface area contributed by atoms with Gasteiger partial charge >= 0.3 is 0 Å². The number of carbonyl (C=O) groups excluding carboxylic acids is 1. The van der Waals surface area contributed by atoms with Crippen molar-refractivity contribution < 1.29 is 9.18 Å². The molecule has 1 heterocycles. The van der Waals surface area contributed by atoms with Gasteiger partial charge in [0.05, 0.1) is 11.2 Å². The van der Waals surface area contributed by atoms with E-state index in [1.807, 2.05) is 13.8 Å². The molecule has 0 saturated carbocycles. The summed E-state index contributed by atoms with van der Waals surface area (Å²) in [4.78, 5) is 14.5. The van der Waals surface area contributed by atoms with E-state index in [4.69, 9.17) is 0 Å². The van der Waals surface area contributed by atoms with Crippen LogP contribution in [0.2, 0.25) is 0 Å². The van der Waals surface area contributed by atoms with Gasteiger partial charge in [0.25, 0.3) is 0 Å². The van der Waals surface area contributed by atoms with E-state index in [-0.39, 0.29) is 11.6 Å². The van der Waals surface area contributed by atoms with Crippen LogP contribution in [0.4, 0.5) is 10.1 Å². The second-order valence-corrected chi connectivity index (χ2v) is 6.29. The molecule has 0 radical (unpaired) electrons. The van der Waals surface area contributed by atoms with Crippen LogP contribution in [0.1, 0.15) is 13.8 Å². The van der Waals surface area contributed by atoms with Crippen molar-refractivity contribution in [1.29, 1.82) is 0 Å². The predicted octanol–water partition coefficient (Wildman–Crippen LogP) is 2.21. The summed E-state index contributed by atoms with van der Waals surface area (Å²) in [5.41, 5.74) is -0.468. The maximum absolute atomic E-state index is 13.7. The van der Waals surface area contributed by atoms with E-state index in [0.29, 0.717) is 0 Å². The molecule has 2 rings (SSSR count). The molecule has 0 bridgehead atoms. The Kier molecular flexibility index (Phi) is 4.78. The van der Waals surface area contributed by atoms with Gasteiger partial charge in [-0.1, -0.05) is 15.9 Å². The van der Waals surface area contributed by atoms with Crippen LogP contribution in [0.5, 0.6) is 0 Å². The highest BCUT2D eigenvalue weighted by Crippen LogP contribution is 2.23. The van der Waals surface area contributed by atoms with Crippen LogP contribution in [-0.2, 0) is 4.79 Å². The number of halogens is 2. The average Bonchev–Trinajstić information content (AvgIpc) is 2.43. The van der Waals surface area contributed by atoms with Crippen molar-refractivity contribution in [2.75, 3.05) is 31.5 Å². The average molecular weight is 344 g/mol.